The Morgan fingerprint density at radius 2 is 1.77 bits per heavy atom. The number of carbonyl (C=O) groups is 2. The minimum Gasteiger partial charge on any atom is -0.492 e. The van der Waals surface area contributed by atoms with Crippen LogP contribution in [0.4, 0.5) is 5.69 Å². The van der Waals surface area contributed by atoms with Crippen LogP contribution in [0.1, 0.15) is 44.7 Å². The number of ether oxygens (including phenoxy) is 1. The number of hydrogen-bond acceptors (Lipinski definition) is 5. The summed E-state index contributed by atoms with van der Waals surface area (Å²) in [7, 11) is -3.83. The van der Waals surface area contributed by atoms with Crippen LogP contribution < -0.4 is 14.4 Å². The number of carbonyl (C=O) groups excluding carboxylic acids is 2. The van der Waals surface area contributed by atoms with E-state index in [0.717, 1.165) is 28.1 Å². The summed E-state index contributed by atoms with van der Waals surface area (Å²) in [5, 5.41) is 2.87. The molecule has 8 nitrogen and oxygen atoms in total. The van der Waals surface area contributed by atoms with Crippen molar-refractivity contribution in [2.24, 2.45) is 0 Å². The van der Waals surface area contributed by atoms with Gasteiger partial charge >= 0.3 is 0 Å². The summed E-state index contributed by atoms with van der Waals surface area (Å²) in [6, 6.07) is 13.7. The molecule has 2 aromatic carbocycles. The molecule has 0 radical (unpaired) electrons. The van der Waals surface area contributed by atoms with E-state index in [-0.39, 0.29) is 18.1 Å². The highest BCUT2D eigenvalue weighted by atomic mass is 32.2. The van der Waals surface area contributed by atoms with E-state index in [1.54, 1.807) is 31.2 Å². The minimum atomic E-state index is -3.83. The Morgan fingerprint density at radius 1 is 1.06 bits per heavy atom. The molecule has 0 unspecified atom stereocenters. The monoisotopic (exact) mass is 503 g/mol. The third-order valence-corrected chi connectivity index (χ3v) is 6.61. The topological polar surface area (TPSA) is 96.0 Å². The molecule has 0 saturated carbocycles. The Kier molecular flexibility index (Phi) is 10.6. The van der Waals surface area contributed by atoms with Crippen LogP contribution in [-0.2, 0) is 26.2 Å². The molecule has 0 aromatic heterocycles. The molecule has 2 rings (SSSR count). The summed E-state index contributed by atoms with van der Waals surface area (Å²) in [4.78, 5) is 28.2. The quantitative estimate of drug-likeness (QED) is 0.451. The SMILES string of the molecule is CCCNC(=O)[C@@H](CC)N(Cc1cccc(C)c1)C(=O)CN(c1ccccc1OCC)S(C)(=O)=O. The van der Waals surface area contributed by atoms with Crippen molar-refractivity contribution in [2.45, 2.75) is 53.1 Å². The number of aryl methyl sites for hydroxylation is 1. The zero-order valence-electron chi connectivity index (χ0n) is 21.3. The van der Waals surface area contributed by atoms with E-state index in [0.29, 0.717) is 25.3 Å². The highest BCUT2D eigenvalue weighted by Crippen LogP contribution is 2.30. The number of benzene rings is 2. The zero-order chi connectivity index (χ0) is 26.0. The molecule has 2 amide bonds. The Balaban J connectivity index is 2.47. The number of nitrogens with zero attached hydrogens (tertiary/aromatic N) is 2. The third kappa shape index (κ3) is 7.99. The third-order valence-electron chi connectivity index (χ3n) is 5.48. The van der Waals surface area contributed by atoms with Crippen molar-refractivity contribution in [3.8, 4) is 5.75 Å². The van der Waals surface area contributed by atoms with Crippen LogP contribution in [-0.4, -0.2) is 57.1 Å². The maximum atomic E-state index is 13.7. The first-order valence-corrected chi connectivity index (χ1v) is 13.8. The van der Waals surface area contributed by atoms with E-state index in [1.165, 1.54) is 4.90 Å². The molecule has 0 heterocycles. The van der Waals surface area contributed by atoms with Gasteiger partial charge in [0.15, 0.2) is 0 Å². The lowest BCUT2D eigenvalue weighted by Crippen LogP contribution is -2.52. The highest BCUT2D eigenvalue weighted by molar-refractivity contribution is 7.92. The zero-order valence-corrected chi connectivity index (χ0v) is 22.1. The maximum absolute atomic E-state index is 13.7. The summed E-state index contributed by atoms with van der Waals surface area (Å²) in [5.41, 5.74) is 2.17. The fourth-order valence-corrected chi connectivity index (χ4v) is 4.68. The molecule has 0 spiro atoms. The fraction of sp³-hybridized carbons (Fsp3) is 0.462. The first-order valence-electron chi connectivity index (χ1n) is 11.9. The van der Waals surface area contributed by atoms with Gasteiger partial charge < -0.3 is 15.0 Å². The van der Waals surface area contributed by atoms with Crippen LogP contribution in [0.15, 0.2) is 48.5 Å². The molecule has 192 valence electrons. The minimum absolute atomic E-state index is 0.184. The lowest BCUT2D eigenvalue weighted by Gasteiger charge is -2.33. The molecule has 1 N–H and O–H groups in total. The fourth-order valence-electron chi connectivity index (χ4n) is 3.83. The van der Waals surface area contributed by atoms with Gasteiger partial charge in [0, 0.05) is 13.1 Å². The molecule has 0 aliphatic rings. The first-order chi connectivity index (χ1) is 16.6. The Labute approximate surface area is 209 Å². The lowest BCUT2D eigenvalue weighted by atomic mass is 10.1. The molecule has 2 aromatic rings. The molecule has 1 atom stereocenters. The van der Waals surface area contributed by atoms with Crippen LogP contribution >= 0.6 is 0 Å². The molecule has 35 heavy (non-hydrogen) atoms. The van der Waals surface area contributed by atoms with Gasteiger partial charge in [0.2, 0.25) is 21.8 Å². The Bertz CT molecular complexity index is 1100. The van der Waals surface area contributed by atoms with Crippen LogP contribution in [0.2, 0.25) is 0 Å². The second-order valence-electron chi connectivity index (χ2n) is 8.40. The summed E-state index contributed by atoms with van der Waals surface area (Å²) < 4.78 is 32.2. The van der Waals surface area contributed by atoms with Crippen LogP contribution in [0.25, 0.3) is 0 Å². The van der Waals surface area contributed by atoms with Crippen LogP contribution in [0.5, 0.6) is 5.75 Å². The number of nitrogens with one attached hydrogen (secondary N) is 1. The highest BCUT2D eigenvalue weighted by Gasteiger charge is 2.32. The second kappa shape index (κ2) is 13.1. The van der Waals surface area contributed by atoms with E-state index >= 15 is 0 Å². The van der Waals surface area contributed by atoms with Crippen molar-refractivity contribution in [2.75, 3.05) is 30.3 Å². The molecule has 0 aliphatic carbocycles. The smallest absolute Gasteiger partial charge is 0.244 e. The number of amides is 2. The second-order valence-corrected chi connectivity index (χ2v) is 10.3. The summed E-state index contributed by atoms with van der Waals surface area (Å²) in [5.74, 6) is -0.358. The molecule has 9 heteroatoms. The van der Waals surface area contributed by atoms with E-state index in [9.17, 15) is 18.0 Å². The average Bonchev–Trinajstić information content (AvgIpc) is 2.81. The molecule has 0 fully saturated rings. The first kappa shape index (κ1) is 28.2. The summed E-state index contributed by atoms with van der Waals surface area (Å²) in [6.45, 7) is 8.13. The summed E-state index contributed by atoms with van der Waals surface area (Å²) in [6.07, 6.45) is 2.21. The Hall–Kier alpha value is -3.07. The van der Waals surface area contributed by atoms with Gasteiger partial charge in [-0.15, -0.1) is 0 Å². The molecular formula is C26H37N3O5S. The van der Waals surface area contributed by atoms with Gasteiger partial charge in [0.25, 0.3) is 0 Å². The average molecular weight is 504 g/mol. The van der Waals surface area contributed by atoms with E-state index in [2.05, 4.69) is 5.32 Å². The normalized spacial score (nSPS) is 12.0. The van der Waals surface area contributed by atoms with Gasteiger partial charge in [-0.05, 0) is 44.4 Å². The number of sulfonamides is 1. The van der Waals surface area contributed by atoms with Crippen molar-refractivity contribution in [3.63, 3.8) is 0 Å². The standard InChI is InChI=1S/C26H37N3O5S/c1-6-16-27-26(31)22(7-2)28(18-21-13-11-12-20(4)17-21)25(30)19-29(35(5,32)33)23-14-9-10-15-24(23)34-8-3/h9-15,17,22H,6-8,16,18-19H2,1-5H3,(H,27,31)/t22-/m1/s1. The van der Waals surface area contributed by atoms with Gasteiger partial charge in [-0.1, -0.05) is 55.8 Å². The molecule has 0 aliphatic heterocycles. The van der Waals surface area contributed by atoms with Crippen molar-refractivity contribution < 1.29 is 22.7 Å². The molecule has 0 bridgehead atoms. The largest absolute Gasteiger partial charge is 0.492 e. The molecule has 0 saturated heterocycles. The van der Waals surface area contributed by atoms with E-state index in [4.69, 9.17) is 4.74 Å². The number of anilines is 1. The van der Waals surface area contributed by atoms with Crippen molar-refractivity contribution >= 4 is 27.5 Å². The van der Waals surface area contributed by atoms with Gasteiger partial charge in [-0.25, -0.2) is 8.42 Å². The van der Waals surface area contributed by atoms with Crippen molar-refractivity contribution in [1.29, 1.82) is 0 Å². The van der Waals surface area contributed by atoms with Gasteiger partial charge in [-0.2, -0.15) is 0 Å². The number of hydrogen-bond donors (Lipinski definition) is 1. The number of rotatable bonds is 13. The van der Waals surface area contributed by atoms with Gasteiger partial charge in [0.1, 0.15) is 18.3 Å². The van der Waals surface area contributed by atoms with E-state index < -0.39 is 28.5 Å². The van der Waals surface area contributed by atoms with Crippen LogP contribution in [0, 0.1) is 6.92 Å². The van der Waals surface area contributed by atoms with Crippen LogP contribution in [0.3, 0.4) is 0 Å². The van der Waals surface area contributed by atoms with Crippen molar-refractivity contribution in [3.05, 3.63) is 59.7 Å². The van der Waals surface area contributed by atoms with Gasteiger partial charge in [-0.3, -0.25) is 13.9 Å². The summed E-state index contributed by atoms with van der Waals surface area (Å²) >= 11 is 0. The van der Waals surface area contributed by atoms with E-state index in [1.807, 2.05) is 45.0 Å². The Morgan fingerprint density at radius 3 is 2.37 bits per heavy atom. The maximum Gasteiger partial charge on any atom is 0.244 e. The lowest BCUT2D eigenvalue weighted by molar-refractivity contribution is -0.140. The van der Waals surface area contributed by atoms with Gasteiger partial charge in [0.05, 0.1) is 18.6 Å². The van der Waals surface area contributed by atoms with Crippen molar-refractivity contribution in [1.82, 2.24) is 10.2 Å². The predicted molar refractivity (Wildman–Crippen MR) is 139 cm³/mol. The number of para-hydroxylation sites is 2. The predicted octanol–water partition coefficient (Wildman–Crippen LogP) is 3.49. The molecular weight excluding hydrogens is 466 g/mol.